The summed E-state index contributed by atoms with van der Waals surface area (Å²) in [5.41, 5.74) is 4.28. The summed E-state index contributed by atoms with van der Waals surface area (Å²) in [6.07, 6.45) is 1.60. The third-order valence-electron chi connectivity index (χ3n) is 3.12. The largest absolute Gasteiger partial charge is 0.497 e. The van der Waals surface area contributed by atoms with Crippen molar-refractivity contribution in [2.24, 2.45) is 0 Å². The van der Waals surface area contributed by atoms with Crippen molar-refractivity contribution < 1.29 is 4.74 Å². The number of methoxy groups -OCH3 is 1. The van der Waals surface area contributed by atoms with Gasteiger partial charge in [-0.3, -0.25) is 0 Å². The number of rotatable bonds is 4. The Morgan fingerprint density at radius 2 is 2.00 bits per heavy atom. The Hall–Kier alpha value is -2.10. The maximum Gasteiger partial charge on any atom is 0.132 e. The molecule has 0 amide bonds. The Balaban J connectivity index is 2.50. The summed E-state index contributed by atoms with van der Waals surface area (Å²) in [4.78, 5) is 8.69. The third-order valence-corrected chi connectivity index (χ3v) is 3.12. The molecule has 1 aromatic carbocycles. The Bertz CT molecular complexity index is 582. The van der Waals surface area contributed by atoms with Crippen molar-refractivity contribution in [3.8, 4) is 17.0 Å². The Labute approximate surface area is 113 Å². The van der Waals surface area contributed by atoms with E-state index in [9.17, 15) is 0 Å². The van der Waals surface area contributed by atoms with E-state index in [-0.39, 0.29) is 0 Å². The summed E-state index contributed by atoms with van der Waals surface area (Å²) >= 11 is 0. The number of nitrogens with one attached hydrogen (secondary N) is 1. The zero-order valence-corrected chi connectivity index (χ0v) is 11.8. The van der Waals surface area contributed by atoms with Crippen molar-refractivity contribution in [1.82, 2.24) is 9.97 Å². The molecule has 2 rings (SSSR count). The molecule has 0 unspecified atom stereocenters. The molecule has 0 aliphatic carbocycles. The fourth-order valence-electron chi connectivity index (χ4n) is 2.10. The lowest BCUT2D eigenvalue weighted by atomic mass is 10.0. The molecule has 100 valence electrons. The van der Waals surface area contributed by atoms with Crippen LogP contribution in [-0.4, -0.2) is 23.6 Å². The summed E-state index contributed by atoms with van der Waals surface area (Å²) in [6.45, 7) is 7.00. The Kier molecular flexibility index (Phi) is 4.00. The van der Waals surface area contributed by atoms with Crippen LogP contribution in [0.3, 0.4) is 0 Å². The summed E-state index contributed by atoms with van der Waals surface area (Å²) < 4.78 is 5.23. The summed E-state index contributed by atoms with van der Waals surface area (Å²) in [6, 6.07) is 6.01. The molecular formula is C15H19N3O. The maximum atomic E-state index is 5.23. The first kappa shape index (κ1) is 13.3. The van der Waals surface area contributed by atoms with Crippen molar-refractivity contribution in [2.45, 2.75) is 20.8 Å². The molecule has 19 heavy (non-hydrogen) atoms. The van der Waals surface area contributed by atoms with Crippen molar-refractivity contribution >= 4 is 5.82 Å². The van der Waals surface area contributed by atoms with Crippen LogP contribution in [0.4, 0.5) is 5.82 Å². The highest BCUT2D eigenvalue weighted by Gasteiger charge is 2.11. The molecule has 0 atom stereocenters. The molecule has 1 aromatic heterocycles. The van der Waals surface area contributed by atoms with Gasteiger partial charge in [-0.15, -0.1) is 0 Å². The van der Waals surface area contributed by atoms with Crippen molar-refractivity contribution in [1.29, 1.82) is 0 Å². The monoisotopic (exact) mass is 257 g/mol. The molecule has 4 heteroatoms. The first-order valence-electron chi connectivity index (χ1n) is 6.37. The van der Waals surface area contributed by atoms with E-state index in [0.717, 1.165) is 40.5 Å². The highest BCUT2D eigenvalue weighted by atomic mass is 16.5. The van der Waals surface area contributed by atoms with Crippen LogP contribution in [0.2, 0.25) is 0 Å². The van der Waals surface area contributed by atoms with Gasteiger partial charge in [-0.05, 0) is 44.5 Å². The number of hydrogen-bond donors (Lipinski definition) is 1. The number of aromatic nitrogens is 2. The first-order valence-corrected chi connectivity index (χ1v) is 6.37. The highest BCUT2D eigenvalue weighted by Crippen LogP contribution is 2.29. The lowest BCUT2D eigenvalue weighted by Gasteiger charge is -2.12. The SMILES string of the molecule is CCNc1ncnc(-c2ccc(OC)cc2C)c1C. The second kappa shape index (κ2) is 5.69. The number of anilines is 1. The molecule has 4 nitrogen and oxygen atoms in total. The van der Waals surface area contributed by atoms with E-state index in [1.54, 1.807) is 13.4 Å². The molecule has 0 saturated carbocycles. The van der Waals surface area contributed by atoms with Gasteiger partial charge in [0.15, 0.2) is 0 Å². The van der Waals surface area contributed by atoms with E-state index in [2.05, 4.69) is 29.1 Å². The van der Waals surface area contributed by atoms with E-state index in [4.69, 9.17) is 4.74 Å². The van der Waals surface area contributed by atoms with Crippen LogP contribution < -0.4 is 10.1 Å². The van der Waals surface area contributed by atoms with Crippen LogP contribution in [0.1, 0.15) is 18.1 Å². The van der Waals surface area contributed by atoms with Gasteiger partial charge < -0.3 is 10.1 Å². The average molecular weight is 257 g/mol. The molecule has 2 aromatic rings. The number of hydrogen-bond acceptors (Lipinski definition) is 4. The minimum Gasteiger partial charge on any atom is -0.497 e. The van der Waals surface area contributed by atoms with Gasteiger partial charge in [0.2, 0.25) is 0 Å². The minimum atomic E-state index is 0.846. The summed E-state index contributed by atoms with van der Waals surface area (Å²) in [7, 11) is 1.67. The maximum absolute atomic E-state index is 5.23. The predicted molar refractivity (Wildman–Crippen MR) is 77.7 cm³/mol. The average Bonchev–Trinajstić information content (AvgIpc) is 2.42. The second-order valence-electron chi connectivity index (χ2n) is 4.41. The lowest BCUT2D eigenvalue weighted by Crippen LogP contribution is -2.04. The number of nitrogens with zero attached hydrogens (tertiary/aromatic N) is 2. The lowest BCUT2D eigenvalue weighted by molar-refractivity contribution is 0.414. The zero-order valence-electron chi connectivity index (χ0n) is 11.8. The molecule has 1 heterocycles. The fraction of sp³-hybridized carbons (Fsp3) is 0.333. The number of benzene rings is 1. The standard InChI is InChI=1S/C15H19N3O/c1-5-16-15-11(3)14(17-9-18-15)13-7-6-12(19-4)8-10(13)2/h6-9H,5H2,1-4H3,(H,16,17,18). The Morgan fingerprint density at radius 1 is 1.21 bits per heavy atom. The summed E-state index contributed by atoms with van der Waals surface area (Å²) in [5.74, 6) is 1.75. The fourth-order valence-corrected chi connectivity index (χ4v) is 2.10. The normalized spacial score (nSPS) is 10.3. The van der Waals surface area contributed by atoms with Gasteiger partial charge in [0, 0.05) is 17.7 Å². The van der Waals surface area contributed by atoms with Gasteiger partial charge in [-0.1, -0.05) is 0 Å². The molecule has 0 aliphatic rings. The summed E-state index contributed by atoms with van der Waals surface area (Å²) in [5, 5.41) is 3.25. The van der Waals surface area contributed by atoms with E-state index in [1.807, 2.05) is 25.1 Å². The van der Waals surface area contributed by atoms with Crippen LogP contribution in [0.15, 0.2) is 24.5 Å². The minimum absolute atomic E-state index is 0.846. The number of ether oxygens (including phenoxy) is 1. The van der Waals surface area contributed by atoms with Crippen molar-refractivity contribution in [3.05, 3.63) is 35.7 Å². The van der Waals surface area contributed by atoms with Crippen LogP contribution in [-0.2, 0) is 0 Å². The van der Waals surface area contributed by atoms with Gasteiger partial charge >= 0.3 is 0 Å². The molecule has 0 fully saturated rings. The van der Waals surface area contributed by atoms with Gasteiger partial charge in [-0.25, -0.2) is 9.97 Å². The zero-order chi connectivity index (χ0) is 13.8. The Morgan fingerprint density at radius 3 is 2.63 bits per heavy atom. The van der Waals surface area contributed by atoms with Gasteiger partial charge in [0.1, 0.15) is 17.9 Å². The van der Waals surface area contributed by atoms with Crippen LogP contribution in [0.25, 0.3) is 11.3 Å². The highest BCUT2D eigenvalue weighted by molar-refractivity contribution is 5.71. The van der Waals surface area contributed by atoms with E-state index < -0.39 is 0 Å². The molecule has 0 saturated heterocycles. The first-order chi connectivity index (χ1) is 9.17. The number of aryl methyl sites for hydroxylation is 1. The van der Waals surface area contributed by atoms with Crippen LogP contribution >= 0.6 is 0 Å². The van der Waals surface area contributed by atoms with Crippen molar-refractivity contribution in [2.75, 3.05) is 19.0 Å². The van der Waals surface area contributed by atoms with E-state index in [0.29, 0.717) is 0 Å². The molecular weight excluding hydrogens is 238 g/mol. The quantitative estimate of drug-likeness (QED) is 0.913. The smallest absolute Gasteiger partial charge is 0.132 e. The van der Waals surface area contributed by atoms with Crippen molar-refractivity contribution in [3.63, 3.8) is 0 Å². The molecule has 0 radical (unpaired) electrons. The van der Waals surface area contributed by atoms with Gasteiger partial charge in [0.05, 0.1) is 12.8 Å². The predicted octanol–water partition coefficient (Wildman–Crippen LogP) is 3.20. The molecule has 1 N–H and O–H groups in total. The van der Waals surface area contributed by atoms with Gasteiger partial charge in [0.25, 0.3) is 0 Å². The molecule has 0 spiro atoms. The van der Waals surface area contributed by atoms with Gasteiger partial charge in [-0.2, -0.15) is 0 Å². The molecule has 0 aliphatic heterocycles. The van der Waals surface area contributed by atoms with E-state index >= 15 is 0 Å². The molecule has 0 bridgehead atoms. The van der Waals surface area contributed by atoms with Crippen LogP contribution in [0, 0.1) is 13.8 Å². The topological polar surface area (TPSA) is 47.0 Å². The third kappa shape index (κ3) is 2.67. The second-order valence-corrected chi connectivity index (χ2v) is 4.41. The van der Waals surface area contributed by atoms with Crippen LogP contribution in [0.5, 0.6) is 5.75 Å². The van der Waals surface area contributed by atoms with E-state index in [1.165, 1.54) is 0 Å².